The molecule has 0 aromatic heterocycles. The molecule has 0 saturated heterocycles. The van der Waals surface area contributed by atoms with Gasteiger partial charge in [-0.05, 0) is 18.6 Å². The number of carbonyl (C=O) groups excluding carboxylic acids is 1. The van der Waals surface area contributed by atoms with Gasteiger partial charge >= 0.3 is 0 Å². The summed E-state index contributed by atoms with van der Waals surface area (Å²) in [6.45, 7) is 1.79. The standard InChI is InChI=1S/C13H18Cl2N2O2/c1-19-9-3-7-17-12(18)6-8-16-11-5-2-4-10(14)13(11)15/h2,4-5,16H,3,6-9H2,1H3,(H,17,18). The SMILES string of the molecule is COCCCNC(=O)CCNc1cccc(Cl)c1Cl. The zero-order chi connectivity index (χ0) is 14.1. The molecule has 4 nitrogen and oxygen atoms in total. The number of amides is 1. The second-order valence-electron chi connectivity index (χ2n) is 3.97. The Kier molecular flexibility index (Phi) is 7.63. The normalized spacial score (nSPS) is 10.3. The summed E-state index contributed by atoms with van der Waals surface area (Å²) >= 11 is 11.9. The summed E-state index contributed by atoms with van der Waals surface area (Å²) in [4.78, 5) is 11.5. The molecule has 1 rings (SSSR count). The molecule has 0 fully saturated rings. The summed E-state index contributed by atoms with van der Waals surface area (Å²) in [5.41, 5.74) is 0.737. The number of ether oxygens (including phenoxy) is 1. The second kappa shape index (κ2) is 9.02. The molecule has 0 aliphatic heterocycles. The van der Waals surface area contributed by atoms with Crippen LogP contribution in [0.1, 0.15) is 12.8 Å². The van der Waals surface area contributed by atoms with E-state index in [9.17, 15) is 4.79 Å². The first-order valence-corrected chi connectivity index (χ1v) is 6.84. The fourth-order valence-corrected chi connectivity index (χ4v) is 1.85. The second-order valence-corrected chi connectivity index (χ2v) is 4.76. The Balaban J connectivity index is 2.23. The predicted molar refractivity (Wildman–Crippen MR) is 79.1 cm³/mol. The molecule has 106 valence electrons. The monoisotopic (exact) mass is 304 g/mol. The molecule has 0 saturated carbocycles. The van der Waals surface area contributed by atoms with Crippen LogP contribution in [0.15, 0.2) is 18.2 Å². The molecule has 2 N–H and O–H groups in total. The minimum Gasteiger partial charge on any atom is -0.385 e. The Labute approximate surface area is 123 Å². The number of nitrogens with one attached hydrogen (secondary N) is 2. The lowest BCUT2D eigenvalue weighted by atomic mass is 10.3. The molecule has 1 aromatic rings. The van der Waals surface area contributed by atoms with Gasteiger partial charge in [-0.1, -0.05) is 29.3 Å². The Bertz CT molecular complexity index is 414. The number of benzene rings is 1. The van der Waals surface area contributed by atoms with Gasteiger partial charge in [0.15, 0.2) is 0 Å². The van der Waals surface area contributed by atoms with E-state index in [2.05, 4.69) is 10.6 Å². The van der Waals surface area contributed by atoms with E-state index in [0.29, 0.717) is 36.2 Å². The van der Waals surface area contributed by atoms with E-state index in [-0.39, 0.29) is 5.91 Å². The van der Waals surface area contributed by atoms with Gasteiger partial charge in [0.05, 0.1) is 15.7 Å². The number of carbonyl (C=O) groups is 1. The van der Waals surface area contributed by atoms with Crippen molar-refractivity contribution in [1.82, 2.24) is 5.32 Å². The van der Waals surface area contributed by atoms with Crippen LogP contribution >= 0.6 is 23.2 Å². The van der Waals surface area contributed by atoms with Gasteiger partial charge in [0, 0.05) is 33.2 Å². The fraction of sp³-hybridized carbons (Fsp3) is 0.462. The molecule has 6 heteroatoms. The topological polar surface area (TPSA) is 50.4 Å². The van der Waals surface area contributed by atoms with Crippen LogP contribution in [0.4, 0.5) is 5.69 Å². The molecule has 1 amide bonds. The highest BCUT2D eigenvalue weighted by Crippen LogP contribution is 2.29. The van der Waals surface area contributed by atoms with Crippen LogP contribution in [0.25, 0.3) is 0 Å². The van der Waals surface area contributed by atoms with Crippen molar-refractivity contribution in [3.8, 4) is 0 Å². The summed E-state index contributed by atoms with van der Waals surface area (Å²) in [5, 5.41) is 6.87. The summed E-state index contributed by atoms with van der Waals surface area (Å²) in [6, 6.07) is 5.35. The van der Waals surface area contributed by atoms with E-state index in [1.54, 1.807) is 19.2 Å². The van der Waals surface area contributed by atoms with Gasteiger partial charge < -0.3 is 15.4 Å². The van der Waals surface area contributed by atoms with E-state index in [0.717, 1.165) is 12.1 Å². The van der Waals surface area contributed by atoms with Crippen molar-refractivity contribution in [2.75, 3.05) is 32.1 Å². The first-order chi connectivity index (χ1) is 9.15. The van der Waals surface area contributed by atoms with Gasteiger partial charge in [-0.3, -0.25) is 4.79 Å². The molecule has 0 bridgehead atoms. The van der Waals surface area contributed by atoms with Crippen molar-refractivity contribution in [3.05, 3.63) is 28.2 Å². The fourth-order valence-electron chi connectivity index (χ4n) is 1.48. The molecule has 1 aromatic carbocycles. The summed E-state index contributed by atoms with van der Waals surface area (Å²) in [7, 11) is 1.64. The highest BCUT2D eigenvalue weighted by atomic mass is 35.5. The lowest BCUT2D eigenvalue weighted by Crippen LogP contribution is -2.26. The van der Waals surface area contributed by atoms with Crippen LogP contribution in [0, 0.1) is 0 Å². The van der Waals surface area contributed by atoms with E-state index in [4.69, 9.17) is 27.9 Å². The predicted octanol–water partition coefficient (Wildman–Crippen LogP) is 2.95. The van der Waals surface area contributed by atoms with Crippen molar-refractivity contribution in [1.29, 1.82) is 0 Å². The average Bonchev–Trinajstić information content (AvgIpc) is 2.40. The van der Waals surface area contributed by atoms with Crippen LogP contribution in [0.5, 0.6) is 0 Å². The minimum absolute atomic E-state index is 0.00162. The molecular weight excluding hydrogens is 287 g/mol. The average molecular weight is 305 g/mol. The maximum atomic E-state index is 11.5. The van der Waals surface area contributed by atoms with Crippen molar-refractivity contribution >= 4 is 34.8 Å². The summed E-state index contributed by atoms with van der Waals surface area (Å²) in [5.74, 6) is 0.00162. The number of halogens is 2. The Morgan fingerprint density at radius 1 is 1.32 bits per heavy atom. The van der Waals surface area contributed by atoms with Crippen LogP contribution in [-0.4, -0.2) is 32.7 Å². The zero-order valence-electron chi connectivity index (χ0n) is 10.8. The van der Waals surface area contributed by atoms with E-state index >= 15 is 0 Å². The highest BCUT2D eigenvalue weighted by Gasteiger charge is 2.05. The Hall–Kier alpha value is -0.970. The van der Waals surface area contributed by atoms with E-state index < -0.39 is 0 Å². The van der Waals surface area contributed by atoms with Crippen LogP contribution in [0.2, 0.25) is 10.0 Å². The Morgan fingerprint density at radius 3 is 2.84 bits per heavy atom. The van der Waals surface area contributed by atoms with E-state index in [1.807, 2.05) is 6.07 Å². The van der Waals surface area contributed by atoms with Gasteiger partial charge in [-0.2, -0.15) is 0 Å². The minimum atomic E-state index is 0.00162. The molecule has 19 heavy (non-hydrogen) atoms. The number of hydrogen-bond donors (Lipinski definition) is 2. The molecular formula is C13H18Cl2N2O2. The van der Waals surface area contributed by atoms with Crippen LogP contribution in [0.3, 0.4) is 0 Å². The quantitative estimate of drug-likeness (QED) is 0.726. The van der Waals surface area contributed by atoms with Gasteiger partial charge in [0.2, 0.25) is 5.91 Å². The van der Waals surface area contributed by atoms with Gasteiger partial charge in [0.25, 0.3) is 0 Å². The van der Waals surface area contributed by atoms with Gasteiger partial charge in [0.1, 0.15) is 0 Å². The van der Waals surface area contributed by atoms with Gasteiger partial charge in [-0.25, -0.2) is 0 Å². The lowest BCUT2D eigenvalue weighted by molar-refractivity contribution is -0.120. The number of anilines is 1. The van der Waals surface area contributed by atoms with Crippen molar-refractivity contribution in [3.63, 3.8) is 0 Å². The third kappa shape index (κ3) is 6.14. The van der Waals surface area contributed by atoms with Crippen LogP contribution in [-0.2, 0) is 9.53 Å². The summed E-state index contributed by atoms with van der Waals surface area (Å²) in [6.07, 6.45) is 1.20. The molecule has 0 unspecified atom stereocenters. The van der Waals surface area contributed by atoms with E-state index in [1.165, 1.54) is 0 Å². The number of methoxy groups -OCH3 is 1. The summed E-state index contributed by atoms with van der Waals surface area (Å²) < 4.78 is 4.90. The highest BCUT2D eigenvalue weighted by molar-refractivity contribution is 6.43. The third-order valence-corrected chi connectivity index (χ3v) is 3.29. The molecule has 0 aliphatic rings. The van der Waals surface area contributed by atoms with Crippen molar-refractivity contribution in [2.24, 2.45) is 0 Å². The van der Waals surface area contributed by atoms with Gasteiger partial charge in [-0.15, -0.1) is 0 Å². The lowest BCUT2D eigenvalue weighted by Gasteiger charge is -2.09. The van der Waals surface area contributed by atoms with Crippen molar-refractivity contribution in [2.45, 2.75) is 12.8 Å². The van der Waals surface area contributed by atoms with Crippen LogP contribution < -0.4 is 10.6 Å². The smallest absolute Gasteiger partial charge is 0.221 e. The maximum absolute atomic E-state index is 11.5. The number of rotatable bonds is 8. The first-order valence-electron chi connectivity index (χ1n) is 6.08. The number of hydrogen-bond acceptors (Lipinski definition) is 3. The Morgan fingerprint density at radius 2 is 2.11 bits per heavy atom. The molecule has 0 heterocycles. The first kappa shape index (κ1) is 16.1. The third-order valence-electron chi connectivity index (χ3n) is 2.47. The molecule has 0 spiro atoms. The largest absolute Gasteiger partial charge is 0.385 e. The van der Waals surface area contributed by atoms with Crippen molar-refractivity contribution < 1.29 is 9.53 Å². The molecule has 0 radical (unpaired) electrons. The molecule has 0 atom stereocenters. The zero-order valence-corrected chi connectivity index (χ0v) is 12.4. The maximum Gasteiger partial charge on any atom is 0.221 e. The molecule has 0 aliphatic carbocycles.